The van der Waals surface area contributed by atoms with E-state index in [1.54, 1.807) is 0 Å². The van der Waals surface area contributed by atoms with E-state index >= 15 is 0 Å². The van der Waals surface area contributed by atoms with Crippen molar-refractivity contribution in [2.45, 2.75) is 65.3 Å². The maximum absolute atomic E-state index is 12.3. The highest BCUT2D eigenvalue weighted by atomic mass is 16.1. The number of amides is 1. The number of benzene rings is 1. The predicted molar refractivity (Wildman–Crippen MR) is 84.0 cm³/mol. The fourth-order valence-corrected chi connectivity index (χ4v) is 2.95. The average molecular weight is 273 g/mol. The summed E-state index contributed by atoms with van der Waals surface area (Å²) in [7, 11) is 0. The molecule has 1 N–H and O–H groups in total. The van der Waals surface area contributed by atoms with Gasteiger partial charge in [-0.2, -0.15) is 0 Å². The second kappa shape index (κ2) is 5.23. The first-order valence-corrected chi connectivity index (χ1v) is 7.59. The van der Waals surface area contributed by atoms with Gasteiger partial charge in [0.1, 0.15) is 0 Å². The zero-order valence-electron chi connectivity index (χ0n) is 13.4. The Hall–Kier alpha value is -1.31. The third-order valence-electron chi connectivity index (χ3n) is 4.32. The number of carbonyl (C=O) groups excluding carboxylic acids is 1. The van der Waals surface area contributed by atoms with E-state index in [4.69, 9.17) is 0 Å². The standard InChI is InChI=1S/C18H27NO/c1-17(2,3)14-8-6-13(7-9-14)16(20)19-15-10-11-18(4,5)12-15/h6-9,15H,10-12H2,1-5H3,(H,19,20). The molecule has 0 aromatic heterocycles. The molecule has 1 atom stereocenters. The van der Waals surface area contributed by atoms with Crippen molar-refractivity contribution >= 4 is 5.91 Å². The SMILES string of the molecule is CC1(C)CCC(NC(=O)c2ccc(C(C)(C)C)cc2)C1. The first-order chi connectivity index (χ1) is 9.17. The number of rotatable bonds is 2. The topological polar surface area (TPSA) is 29.1 Å². The van der Waals surface area contributed by atoms with E-state index in [1.807, 2.05) is 12.1 Å². The summed E-state index contributed by atoms with van der Waals surface area (Å²) in [4.78, 5) is 12.3. The van der Waals surface area contributed by atoms with Crippen LogP contribution in [0.15, 0.2) is 24.3 Å². The first kappa shape index (κ1) is 15.1. The molecule has 110 valence electrons. The van der Waals surface area contributed by atoms with Crippen molar-refractivity contribution in [3.05, 3.63) is 35.4 Å². The maximum atomic E-state index is 12.3. The van der Waals surface area contributed by atoms with Crippen LogP contribution < -0.4 is 5.32 Å². The van der Waals surface area contributed by atoms with Crippen molar-refractivity contribution in [1.82, 2.24) is 5.32 Å². The second-order valence-electron chi connectivity index (χ2n) is 7.90. The van der Waals surface area contributed by atoms with Gasteiger partial charge >= 0.3 is 0 Å². The molecule has 1 aromatic carbocycles. The Labute approximate surface area is 123 Å². The lowest BCUT2D eigenvalue weighted by atomic mass is 9.86. The van der Waals surface area contributed by atoms with E-state index in [-0.39, 0.29) is 11.3 Å². The number of nitrogens with one attached hydrogen (secondary N) is 1. The van der Waals surface area contributed by atoms with Crippen LogP contribution in [0.25, 0.3) is 0 Å². The number of hydrogen-bond acceptors (Lipinski definition) is 1. The Kier molecular flexibility index (Phi) is 3.95. The van der Waals surface area contributed by atoms with E-state index in [0.717, 1.165) is 18.4 Å². The van der Waals surface area contributed by atoms with Crippen LogP contribution >= 0.6 is 0 Å². The lowest BCUT2D eigenvalue weighted by Gasteiger charge is -2.20. The molecule has 0 bridgehead atoms. The summed E-state index contributed by atoms with van der Waals surface area (Å²) >= 11 is 0. The molecule has 1 fully saturated rings. The molecule has 1 aromatic rings. The van der Waals surface area contributed by atoms with Gasteiger partial charge in [0.25, 0.3) is 5.91 Å². The third kappa shape index (κ3) is 3.62. The molecule has 2 heteroatoms. The van der Waals surface area contributed by atoms with Gasteiger partial charge in [0.2, 0.25) is 0 Å². The highest BCUT2D eigenvalue weighted by molar-refractivity contribution is 5.94. The van der Waals surface area contributed by atoms with Crippen LogP contribution in [0.4, 0.5) is 0 Å². The summed E-state index contributed by atoms with van der Waals surface area (Å²) in [6.45, 7) is 11.1. The molecule has 0 saturated heterocycles. The quantitative estimate of drug-likeness (QED) is 0.855. The molecule has 2 rings (SSSR count). The van der Waals surface area contributed by atoms with Gasteiger partial charge in [-0.25, -0.2) is 0 Å². The van der Waals surface area contributed by atoms with Gasteiger partial charge in [0.05, 0.1) is 0 Å². The molecule has 0 radical (unpaired) electrons. The van der Waals surface area contributed by atoms with E-state index in [1.165, 1.54) is 12.0 Å². The molecule has 0 aliphatic heterocycles. The van der Waals surface area contributed by atoms with E-state index in [2.05, 4.69) is 52.1 Å². The first-order valence-electron chi connectivity index (χ1n) is 7.59. The Bertz CT molecular complexity index is 479. The zero-order valence-corrected chi connectivity index (χ0v) is 13.4. The largest absolute Gasteiger partial charge is 0.349 e. The van der Waals surface area contributed by atoms with Gasteiger partial charge in [-0.05, 0) is 47.8 Å². The van der Waals surface area contributed by atoms with Gasteiger partial charge in [0.15, 0.2) is 0 Å². The highest BCUT2D eigenvalue weighted by Crippen LogP contribution is 2.37. The van der Waals surface area contributed by atoms with Crippen molar-refractivity contribution < 1.29 is 4.79 Å². The molecule has 0 heterocycles. The van der Waals surface area contributed by atoms with E-state index in [9.17, 15) is 4.79 Å². The minimum atomic E-state index is 0.0631. The van der Waals surface area contributed by atoms with Crippen molar-refractivity contribution in [1.29, 1.82) is 0 Å². The summed E-state index contributed by atoms with van der Waals surface area (Å²) in [5.74, 6) is 0.0631. The van der Waals surface area contributed by atoms with Gasteiger partial charge in [-0.15, -0.1) is 0 Å². The summed E-state index contributed by atoms with van der Waals surface area (Å²) < 4.78 is 0. The normalized spacial score (nSPS) is 21.8. The lowest BCUT2D eigenvalue weighted by molar-refractivity contribution is 0.0936. The average Bonchev–Trinajstić information content (AvgIpc) is 2.67. The van der Waals surface area contributed by atoms with Crippen LogP contribution in [0, 0.1) is 5.41 Å². The Morgan fingerprint density at radius 1 is 1.20 bits per heavy atom. The molecule has 1 amide bonds. The maximum Gasteiger partial charge on any atom is 0.251 e. The minimum Gasteiger partial charge on any atom is -0.349 e. The van der Waals surface area contributed by atoms with Crippen LogP contribution in [-0.2, 0) is 5.41 Å². The smallest absolute Gasteiger partial charge is 0.251 e. The summed E-state index contributed by atoms with van der Waals surface area (Å²) in [6.07, 6.45) is 3.37. The molecule has 1 aliphatic carbocycles. The van der Waals surface area contributed by atoms with Gasteiger partial charge in [-0.3, -0.25) is 4.79 Å². The molecular weight excluding hydrogens is 246 g/mol. The third-order valence-corrected chi connectivity index (χ3v) is 4.32. The number of hydrogen-bond donors (Lipinski definition) is 1. The van der Waals surface area contributed by atoms with Crippen LogP contribution in [0.3, 0.4) is 0 Å². The van der Waals surface area contributed by atoms with Gasteiger partial charge < -0.3 is 5.32 Å². The Morgan fingerprint density at radius 2 is 1.80 bits per heavy atom. The van der Waals surface area contributed by atoms with Crippen molar-refractivity contribution in [2.24, 2.45) is 5.41 Å². The molecular formula is C18H27NO. The Balaban J connectivity index is 2.00. The molecule has 1 aliphatic rings. The van der Waals surface area contributed by atoms with Crippen LogP contribution in [-0.4, -0.2) is 11.9 Å². The monoisotopic (exact) mass is 273 g/mol. The zero-order chi connectivity index (χ0) is 15.0. The highest BCUT2D eigenvalue weighted by Gasteiger charge is 2.31. The van der Waals surface area contributed by atoms with Crippen LogP contribution in [0.1, 0.15) is 69.8 Å². The van der Waals surface area contributed by atoms with E-state index in [0.29, 0.717) is 11.5 Å². The molecule has 2 nitrogen and oxygen atoms in total. The summed E-state index contributed by atoms with van der Waals surface area (Å²) in [6, 6.07) is 8.34. The molecule has 0 spiro atoms. The van der Waals surface area contributed by atoms with Gasteiger partial charge in [0, 0.05) is 11.6 Å². The van der Waals surface area contributed by atoms with Crippen LogP contribution in [0.2, 0.25) is 0 Å². The van der Waals surface area contributed by atoms with Crippen molar-refractivity contribution in [3.63, 3.8) is 0 Å². The lowest BCUT2D eigenvalue weighted by Crippen LogP contribution is -2.33. The molecule has 20 heavy (non-hydrogen) atoms. The second-order valence-corrected chi connectivity index (χ2v) is 7.90. The van der Waals surface area contributed by atoms with Crippen LogP contribution in [0.5, 0.6) is 0 Å². The molecule has 1 saturated carbocycles. The van der Waals surface area contributed by atoms with Crippen molar-refractivity contribution in [2.75, 3.05) is 0 Å². The summed E-state index contributed by atoms with van der Waals surface area (Å²) in [5, 5.41) is 3.17. The molecule has 1 unspecified atom stereocenters. The van der Waals surface area contributed by atoms with E-state index < -0.39 is 0 Å². The fourth-order valence-electron chi connectivity index (χ4n) is 2.95. The fraction of sp³-hybridized carbons (Fsp3) is 0.611. The minimum absolute atomic E-state index is 0.0631. The van der Waals surface area contributed by atoms with Gasteiger partial charge in [-0.1, -0.05) is 46.8 Å². The Morgan fingerprint density at radius 3 is 2.25 bits per heavy atom. The number of carbonyl (C=O) groups is 1. The predicted octanol–water partition coefficient (Wildman–Crippen LogP) is 4.29. The summed E-state index contributed by atoms with van der Waals surface area (Å²) in [5.41, 5.74) is 2.53. The van der Waals surface area contributed by atoms with Crippen molar-refractivity contribution in [3.8, 4) is 0 Å².